The van der Waals surface area contributed by atoms with Gasteiger partial charge in [0, 0.05) is 6.07 Å². The van der Waals surface area contributed by atoms with Crippen molar-refractivity contribution in [2.45, 2.75) is 0 Å². The summed E-state index contributed by atoms with van der Waals surface area (Å²) in [7, 11) is 0. The van der Waals surface area contributed by atoms with Crippen LogP contribution in [0.2, 0.25) is 0 Å². The lowest BCUT2D eigenvalue weighted by Gasteiger charge is -1.84. The van der Waals surface area contributed by atoms with Crippen LogP contribution in [0.4, 0.5) is 0 Å². The van der Waals surface area contributed by atoms with Crippen molar-refractivity contribution in [3.05, 3.63) is 29.1 Å². The van der Waals surface area contributed by atoms with Gasteiger partial charge in [0.2, 0.25) is 5.76 Å². The molecule has 0 aliphatic carbocycles. The number of hydrogen-bond acceptors (Lipinski definition) is 3. The van der Waals surface area contributed by atoms with Crippen LogP contribution in [0, 0.1) is 0 Å². The molecule has 0 bridgehead atoms. The maximum atomic E-state index is 5.21. The zero-order valence-electron chi connectivity index (χ0n) is 5.45. The molecule has 4 heteroatoms. The van der Waals surface area contributed by atoms with Crippen LogP contribution in [0.1, 0.15) is 0 Å². The summed E-state index contributed by atoms with van der Waals surface area (Å²) in [6.07, 6.45) is 1.58. The summed E-state index contributed by atoms with van der Waals surface area (Å²) in [4.78, 5) is 0. The van der Waals surface area contributed by atoms with Gasteiger partial charge in [-0.15, -0.1) is 0 Å². The van der Waals surface area contributed by atoms with Crippen LogP contribution in [-0.2, 0) is 0 Å². The Balaban J connectivity index is 2.45. The molecule has 2 heterocycles. The quantitative estimate of drug-likeness (QED) is 0.732. The summed E-state index contributed by atoms with van der Waals surface area (Å²) in [6.45, 7) is 0. The van der Waals surface area contributed by atoms with Crippen LogP contribution in [0.15, 0.2) is 38.0 Å². The molecule has 0 amide bonds. The number of furan rings is 1. The molecular formula is C7H4BrNO2. The summed E-state index contributed by atoms with van der Waals surface area (Å²) >= 11 is 3.19. The normalized spacial score (nSPS) is 10.3. The third-order valence-electron chi connectivity index (χ3n) is 1.25. The highest BCUT2D eigenvalue weighted by Gasteiger charge is 2.05. The van der Waals surface area contributed by atoms with Gasteiger partial charge >= 0.3 is 0 Å². The zero-order chi connectivity index (χ0) is 7.68. The standard InChI is InChI=1S/C7H4BrNO2/c8-7-2-1-5(10-7)6-3-4-9-11-6/h1-4H. The van der Waals surface area contributed by atoms with Crippen molar-refractivity contribution in [1.29, 1.82) is 0 Å². The van der Waals surface area contributed by atoms with Gasteiger partial charge in [0.25, 0.3) is 0 Å². The van der Waals surface area contributed by atoms with Crippen molar-refractivity contribution in [1.82, 2.24) is 5.16 Å². The fraction of sp³-hybridized carbons (Fsp3) is 0. The Labute approximate surface area is 71.1 Å². The van der Waals surface area contributed by atoms with Gasteiger partial charge in [0.05, 0.1) is 6.20 Å². The fourth-order valence-corrected chi connectivity index (χ4v) is 1.10. The van der Waals surface area contributed by atoms with Gasteiger partial charge in [-0.05, 0) is 28.1 Å². The van der Waals surface area contributed by atoms with E-state index in [0.717, 1.165) is 0 Å². The molecule has 0 unspecified atom stereocenters. The minimum atomic E-state index is 0.635. The number of aromatic nitrogens is 1. The molecule has 0 radical (unpaired) electrons. The minimum Gasteiger partial charge on any atom is -0.446 e. The van der Waals surface area contributed by atoms with E-state index in [1.165, 1.54) is 0 Å². The van der Waals surface area contributed by atoms with E-state index in [9.17, 15) is 0 Å². The highest BCUT2D eigenvalue weighted by atomic mass is 79.9. The predicted molar refractivity (Wildman–Crippen MR) is 41.9 cm³/mol. The minimum absolute atomic E-state index is 0.635. The molecule has 0 aliphatic heterocycles. The van der Waals surface area contributed by atoms with Crippen LogP contribution in [0.5, 0.6) is 0 Å². The summed E-state index contributed by atoms with van der Waals surface area (Å²) in [6, 6.07) is 5.35. The third kappa shape index (κ3) is 1.21. The molecule has 0 spiro atoms. The predicted octanol–water partition coefficient (Wildman–Crippen LogP) is 2.70. The van der Waals surface area contributed by atoms with Crippen LogP contribution >= 0.6 is 15.9 Å². The summed E-state index contributed by atoms with van der Waals surface area (Å²) in [5, 5.41) is 3.56. The van der Waals surface area contributed by atoms with Crippen LogP contribution in [-0.4, -0.2) is 5.16 Å². The van der Waals surface area contributed by atoms with Crippen molar-refractivity contribution >= 4 is 15.9 Å². The van der Waals surface area contributed by atoms with Gasteiger partial charge < -0.3 is 8.94 Å². The van der Waals surface area contributed by atoms with E-state index < -0.39 is 0 Å². The smallest absolute Gasteiger partial charge is 0.202 e. The lowest BCUT2D eigenvalue weighted by atomic mass is 10.4. The SMILES string of the molecule is Brc1ccc(-c2ccno2)o1. The fourth-order valence-electron chi connectivity index (χ4n) is 0.790. The summed E-state index contributed by atoms with van der Waals surface area (Å²) < 4.78 is 10.8. The molecule has 11 heavy (non-hydrogen) atoms. The van der Waals surface area contributed by atoms with Gasteiger partial charge in [-0.3, -0.25) is 0 Å². The molecule has 3 nitrogen and oxygen atoms in total. The first-order valence-electron chi connectivity index (χ1n) is 3.02. The second-order valence-corrected chi connectivity index (χ2v) is 2.76. The van der Waals surface area contributed by atoms with Gasteiger partial charge in [-0.1, -0.05) is 5.16 Å². The first-order chi connectivity index (χ1) is 5.36. The second kappa shape index (κ2) is 2.54. The maximum absolute atomic E-state index is 5.21. The van der Waals surface area contributed by atoms with Gasteiger partial charge in [0.1, 0.15) is 0 Å². The second-order valence-electron chi connectivity index (χ2n) is 1.98. The molecule has 2 aromatic heterocycles. The molecule has 0 saturated heterocycles. The maximum Gasteiger partial charge on any atom is 0.202 e. The molecule has 2 aromatic rings. The highest BCUT2D eigenvalue weighted by Crippen LogP contribution is 2.23. The molecule has 0 aliphatic rings. The zero-order valence-corrected chi connectivity index (χ0v) is 7.04. The van der Waals surface area contributed by atoms with Crippen molar-refractivity contribution in [3.8, 4) is 11.5 Å². The average molecular weight is 214 g/mol. The largest absolute Gasteiger partial charge is 0.446 e. The Kier molecular flexibility index (Phi) is 1.54. The molecule has 0 atom stereocenters. The molecule has 2 rings (SSSR count). The van der Waals surface area contributed by atoms with Crippen LogP contribution < -0.4 is 0 Å². The van der Waals surface area contributed by atoms with E-state index in [0.29, 0.717) is 16.2 Å². The van der Waals surface area contributed by atoms with Crippen LogP contribution in [0.25, 0.3) is 11.5 Å². The van der Waals surface area contributed by atoms with Crippen molar-refractivity contribution in [2.24, 2.45) is 0 Å². The molecular weight excluding hydrogens is 210 g/mol. The van der Waals surface area contributed by atoms with E-state index in [2.05, 4.69) is 21.1 Å². The van der Waals surface area contributed by atoms with Crippen molar-refractivity contribution in [3.63, 3.8) is 0 Å². The van der Waals surface area contributed by atoms with E-state index in [-0.39, 0.29) is 0 Å². The Morgan fingerprint density at radius 2 is 2.09 bits per heavy atom. The number of hydrogen-bond donors (Lipinski definition) is 0. The van der Waals surface area contributed by atoms with Crippen molar-refractivity contribution in [2.75, 3.05) is 0 Å². The van der Waals surface area contributed by atoms with E-state index in [1.807, 2.05) is 6.07 Å². The topological polar surface area (TPSA) is 39.2 Å². The van der Waals surface area contributed by atoms with Crippen LogP contribution in [0.3, 0.4) is 0 Å². The Morgan fingerprint density at radius 1 is 1.18 bits per heavy atom. The number of nitrogens with zero attached hydrogens (tertiary/aromatic N) is 1. The molecule has 0 fully saturated rings. The lowest BCUT2D eigenvalue weighted by Crippen LogP contribution is -1.62. The molecule has 0 aromatic carbocycles. The number of rotatable bonds is 1. The first kappa shape index (κ1) is 6.67. The molecule has 0 N–H and O–H groups in total. The first-order valence-corrected chi connectivity index (χ1v) is 3.82. The monoisotopic (exact) mass is 213 g/mol. The number of halogens is 1. The average Bonchev–Trinajstić information content (AvgIpc) is 2.55. The summed E-state index contributed by atoms with van der Waals surface area (Å²) in [5.41, 5.74) is 0. The highest BCUT2D eigenvalue weighted by molar-refractivity contribution is 9.10. The summed E-state index contributed by atoms with van der Waals surface area (Å²) in [5.74, 6) is 1.31. The van der Waals surface area contributed by atoms with E-state index >= 15 is 0 Å². The Bertz CT molecular complexity index is 339. The Morgan fingerprint density at radius 3 is 2.64 bits per heavy atom. The Hall–Kier alpha value is -1.03. The van der Waals surface area contributed by atoms with Gasteiger partial charge in [-0.2, -0.15) is 0 Å². The lowest BCUT2D eigenvalue weighted by molar-refractivity contribution is 0.415. The van der Waals surface area contributed by atoms with E-state index in [1.54, 1.807) is 18.3 Å². The molecule has 0 saturated carbocycles. The van der Waals surface area contributed by atoms with E-state index in [4.69, 9.17) is 8.94 Å². The van der Waals surface area contributed by atoms with Gasteiger partial charge in [-0.25, -0.2) is 0 Å². The molecule has 56 valence electrons. The third-order valence-corrected chi connectivity index (χ3v) is 1.68. The van der Waals surface area contributed by atoms with Gasteiger partial charge in [0.15, 0.2) is 10.4 Å². The van der Waals surface area contributed by atoms with Crippen molar-refractivity contribution < 1.29 is 8.94 Å².